The molecular weight excluding hydrogens is 272 g/mol. The number of ether oxygens (including phenoxy) is 1. The standard InChI is InChI=1S/C15H18N2O4/c1-20-12-5-2-4-11(8-12)9-16-15(19)17-10-13(18)14-6-3-7-21-14/h2-8,13,18H,9-10H2,1H3,(H2,16,17,19). The monoisotopic (exact) mass is 290 g/mol. The molecule has 0 bridgehead atoms. The predicted octanol–water partition coefficient (Wildman–Crippen LogP) is 1.82. The summed E-state index contributed by atoms with van der Waals surface area (Å²) in [5.41, 5.74) is 0.927. The highest BCUT2D eigenvalue weighted by atomic mass is 16.5. The Hall–Kier alpha value is -2.47. The van der Waals surface area contributed by atoms with Crippen molar-refractivity contribution < 1.29 is 19.1 Å². The molecule has 0 radical (unpaired) electrons. The van der Waals surface area contributed by atoms with E-state index in [4.69, 9.17) is 9.15 Å². The normalized spacial score (nSPS) is 11.7. The number of urea groups is 1. The molecule has 2 aromatic rings. The van der Waals surface area contributed by atoms with Gasteiger partial charge in [0.1, 0.15) is 17.6 Å². The molecule has 1 unspecified atom stereocenters. The first-order valence-corrected chi connectivity index (χ1v) is 6.55. The van der Waals surface area contributed by atoms with Crippen LogP contribution in [0.3, 0.4) is 0 Å². The van der Waals surface area contributed by atoms with E-state index in [0.717, 1.165) is 11.3 Å². The van der Waals surface area contributed by atoms with Crippen LogP contribution in [0.2, 0.25) is 0 Å². The van der Waals surface area contributed by atoms with E-state index in [0.29, 0.717) is 12.3 Å². The summed E-state index contributed by atoms with van der Waals surface area (Å²) in [5, 5.41) is 15.0. The van der Waals surface area contributed by atoms with E-state index in [2.05, 4.69) is 10.6 Å². The van der Waals surface area contributed by atoms with E-state index in [9.17, 15) is 9.90 Å². The minimum atomic E-state index is -0.859. The van der Waals surface area contributed by atoms with Crippen molar-refractivity contribution in [1.82, 2.24) is 10.6 Å². The van der Waals surface area contributed by atoms with Gasteiger partial charge in [0.25, 0.3) is 0 Å². The fourth-order valence-corrected chi connectivity index (χ4v) is 1.80. The molecule has 1 aromatic heterocycles. The van der Waals surface area contributed by atoms with E-state index >= 15 is 0 Å². The third-order valence-electron chi connectivity index (χ3n) is 2.91. The highest BCUT2D eigenvalue weighted by Gasteiger charge is 2.11. The number of aliphatic hydroxyl groups is 1. The van der Waals surface area contributed by atoms with Crippen molar-refractivity contribution in [3.05, 3.63) is 54.0 Å². The minimum absolute atomic E-state index is 0.0808. The largest absolute Gasteiger partial charge is 0.497 e. The zero-order valence-corrected chi connectivity index (χ0v) is 11.7. The zero-order chi connectivity index (χ0) is 15.1. The molecule has 2 amide bonds. The number of amides is 2. The molecule has 6 heteroatoms. The SMILES string of the molecule is COc1cccc(CNC(=O)NCC(O)c2ccco2)c1. The number of aliphatic hydroxyl groups excluding tert-OH is 1. The number of methoxy groups -OCH3 is 1. The second kappa shape index (κ2) is 7.35. The second-order valence-electron chi connectivity index (χ2n) is 4.45. The molecule has 0 fully saturated rings. The van der Waals surface area contributed by atoms with Crippen molar-refractivity contribution in [2.45, 2.75) is 12.6 Å². The number of rotatable bonds is 6. The summed E-state index contributed by atoms with van der Waals surface area (Å²) in [5.74, 6) is 1.16. The Morgan fingerprint density at radius 2 is 2.19 bits per heavy atom. The molecule has 1 atom stereocenters. The van der Waals surface area contributed by atoms with Crippen LogP contribution < -0.4 is 15.4 Å². The van der Waals surface area contributed by atoms with Crippen LogP contribution in [0.15, 0.2) is 47.1 Å². The highest BCUT2D eigenvalue weighted by Crippen LogP contribution is 2.12. The van der Waals surface area contributed by atoms with Crippen molar-refractivity contribution in [2.75, 3.05) is 13.7 Å². The van der Waals surface area contributed by atoms with E-state index in [1.807, 2.05) is 24.3 Å². The van der Waals surface area contributed by atoms with E-state index in [-0.39, 0.29) is 12.6 Å². The Bertz CT molecular complexity index is 569. The Morgan fingerprint density at radius 3 is 2.90 bits per heavy atom. The van der Waals surface area contributed by atoms with Gasteiger partial charge in [-0.05, 0) is 29.8 Å². The van der Waals surface area contributed by atoms with Crippen molar-refractivity contribution in [3.8, 4) is 5.75 Å². The number of carbonyl (C=O) groups is 1. The van der Waals surface area contributed by atoms with Gasteiger partial charge in [-0.3, -0.25) is 0 Å². The average molecular weight is 290 g/mol. The first kappa shape index (κ1) is 14.9. The first-order valence-electron chi connectivity index (χ1n) is 6.55. The summed E-state index contributed by atoms with van der Waals surface area (Å²) < 4.78 is 10.2. The third kappa shape index (κ3) is 4.54. The predicted molar refractivity (Wildman–Crippen MR) is 76.9 cm³/mol. The number of furan rings is 1. The molecule has 2 rings (SSSR count). The maximum Gasteiger partial charge on any atom is 0.315 e. The second-order valence-corrected chi connectivity index (χ2v) is 4.45. The molecule has 21 heavy (non-hydrogen) atoms. The number of carbonyl (C=O) groups excluding carboxylic acids is 1. The smallest absolute Gasteiger partial charge is 0.315 e. The zero-order valence-electron chi connectivity index (χ0n) is 11.7. The summed E-state index contributed by atoms with van der Waals surface area (Å²) in [4.78, 5) is 11.6. The maximum absolute atomic E-state index is 11.6. The van der Waals surface area contributed by atoms with Gasteiger partial charge in [0.15, 0.2) is 0 Å². The van der Waals surface area contributed by atoms with Gasteiger partial charge in [0.05, 0.1) is 19.9 Å². The van der Waals surface area contributed by atoms with Gasteiger partial charge < -0.3 is 24.9 Å². The minimum Gasteiger partial charge on any atom is -0.497 e. The summed E-state index contributed by atoms with van der Waals surface area (Å²) in [6, 6.07) is 10.4. The Labute approximate surface area is 122 Å². The van der Waals surface area contributed by atoms with Crippen molar-refractivity contribution in [3.63, 3.8) is 0 Å². The van der Waals surface area contributed by atoms with Crippen molar-refractivity contribution >= 4 is 6.03 Å². The maximum atomic E-state index is 11.6. The Kier molecular flexibility index (Phi) is 5.22. The molecule has 112 valence electrons. The number of hydrogen-bond donors (Lipinski definition) is 3. The molecule has 0 saturated carbocycles. The van der Waals surface area contributed by atoms with Crippen LogP contribution in [-0.2, 0) is 6.54 Å². The van der Waals surface area contributed by atoms with Gasteiger partial charge in [-0.1, -0.05) is 12.1 Å². The van der Waals surface area contributed by atoms with E-state index in [1.165, 1.54) is 6.26 Å². The van der Waals surface area contributed by atoms with Crippen LogP contribution in [0.25, 0.3) is 0 Å². The average Bonchev–Trinajstić information content (AvgIpc) is 3.05. The lowest BCUT2D eigenvalue weighted by atomic mass is 10.2. The quantitative estimate of drug-likeness (QED) is 0.757. The topological polar surface area (TPSA) is 83.7 Å². The van der Waals surface area contributed by atoms with E-state index in [1.54, 1.807) is 19.2 Å². The number of hydrogen-bond acceptors (Lipinski definition) is 4. The third-order valence-corrected chi connectivity index (χ3v) is 2.91. The molecule has 0 saturated heterocycles. The van der Waals surface area contributed by atoms with Crippen molar-refractivity contribution in [2.24, 2.45) is 0 Å². The van der Waals surface area contributed by atoms with Gasteiger partial charge >= 0.3 is 6.03 Å². The van der Waals surface area contributed by atoms with Crippen LogP contribution in [0.1, 0.15) is 17.4 Å². The molecule has 6 nitrogen and oxygen atoms in total. The van der Waals surface area contributed by atoms with Gasteiger partial charge in [0, 0.05) is 6.54 Å². The van der Waals surface area contributed by atoms with Gasteiger partial charge in [-0.15, -0.1) is 0 Å². The molecule has 0 aliphatic carbocycles. The van der Waals surface area contributed by atoms with E-state index < -0.39 is 6.10 Å². The van der Waals surface area contributed by atoms with Crippen LogP contribution in [0, 0.1) is 0 Å². The first-order chi connectivity index (χ1) is 10.2. The number of nitrogens with one attached hydrogen (secondary N) is 2. The van der Waals surface area contributed by atoms with Crippen LogP contribution >= 0.6 is 0 Å². The van der Waals surface area contributed by atoms with Crippen LogP contribution in [0.4, 0.5) is 4.79 Å². The fourth-order valence-electron chi connectivity index (χ4n) is 1.80. The van der Waals surface area contributed by atoms with Gasteiger partial charge in [-0.2, -0.15) is 0 Å². The molecule has 1 aromatic carbocycles. The lowest BCUT2D eigenvalue weighted by Gasteiger charge is -2.11. The van der Waals surface area contributed by atoms with Gasteiger partial charge in [-0.25, -0.2) is 4.79 Å². The van der Waals surface area contributed by atoms with Gasteiger partial charge in [0.2, 0.25) is 0 Å². The van der Waals surface area contributed by atoms with Crippen LogP contribution in [-0.4, -0.2) is 24.8 Å². The molecule has 0 aliphatic rings. The number of benzene rings is 1. The molecule has 0 spiro atoms. The molecular formula is C15H18N2O4. The Morgan fingerprint density at radius 1 is 1.33 bits per heavy atom. The lowest BCUT2D eigenvalue weighted by Crippen LogP contribution is -2.37. The lowest BCUT2D eigenvalue weighted by molar-refractivity contribution is 0.148. The molecule has 0 aliphatic heterocycles. The summed E-state index contributed by atoms with van der Waals surface area (Å²) in [7, 11) is 1.59. The summed E-state index contributed by atoms with van der Waals surface area (Å²) in [6.45, 7) is 0.456. The molecule has 1 heterocycles. The summed E-state index contributed by atoms with van der Waals surface area (Å²) in [6.07, 6.45) is 0.615. The molecule has 3 N–H and O–H groups in total. The van der Waals surface area contributed by atoms with Crippen LogP contribution in [0.5, 0.6) is 5.75 Å². The summed E-state index contributed by atoms with van der Waals surface area (Å²) >= 11 is 0. The Balaban J connectivity index is 1.74. The fraction of sp³-hybridized carbons (Fsp3) is 0.267. The van der Waals surface area contributed by atoms with Crippen molar-refractivity contribution in [1.29, 1.82) is 0 Å². The highest BCUT2D eigenvalue weighted by molar-refractivity contribution is 5.73.